The van der Waals surface area contributed by atoms with Gasteiger partial charge in [0.1, 0.15) is 5.69 Å². The molecule has 0 aromatic heterocycles. The van der Waals surface area contributed by atoms with Crippen molar-refractivity contribution in [2.45, 2.75) is 0 Å². The first-order chi connectivity index (χ1) is 12.5. The van der Waals surface area contributed by atoms with Crippen molar-refractivity contribution in [1.82, 2.24) is 5.43 Å². The van der Waals surface area contributed by atoms with Crippen LogP contribution in [0.15, 0.2) is 60.9 Å². The summed E-state index contributed by atoms with van der Waals surface area (Å²) in [4.78, 5) is 10.6. The molecular weight excluding hydrogens is 338 g/mol. The van der Waals surface area contributed by atoms with E-state index in [-0.39, 0.29) is 17.1 Å². The number of hydrogen-bond donors (Lipinski definition) is 2. The molecule has 9 heteroatoms. The molecule has 2 aromatic rings. The number of nitrogens with zero attached hydrogens (tertiary/aromatic N) is 3. The van der Waals surface area contributed by atoms with Crippen molar-refractivity contribution in [3.8, 4) is 0 Å². The van der Waals surface area contributed by atoms with Crippen molar-refractivity contribution in [2.24, 2.45) is 0 Å². The minimum atomic E-state index is -0.664. The number of fused-ring (bicyclic) bond motifs is 1. The largest absolute Gasteiger partial charge is 0.769 e. The van der Waals surface area contributed by atoms with Gasteiger partial charge >= 0.3 is 0 Å². The predicted octanol–water partition coefficient (Wildman–Crippen LogP) is 3.32. The number of allylic oxidation sites excluding steroid dienone is 2. The molecular formula is C17H15N5O4-2. The maximum Gasteiger partial charge on any atom is 0.296 e. The fourth-order valence-electron chi connectivity index (χ4n) is 2.59. The number of nitro benzene ring substituents is 1. The van der Waals surface area contributed by atoms with E-state index in [0.717, 1.165) is 22.9 Å². The molecule has 26 heavy (non-hydrogen) atoms. The van der Waals surface area contributed by atoms with Gasteiger partial charge in [-0.25, -0.2) is 0 Å². The normalized spacial score (nSPS) is 13.7. The summed E-state index contributed by atoms with van der Waals surface area (Å²) < 4.78 is 0. The van der Waals surface area contributed by atoms with E-state index in [1.807, 2.05) is 30.3 Å². The second kappa shape index (κ2) is 7.13. The minimum Gasteiger partial charge on any atom is -0.769 e. The molecule has 2 aromatic carbocycles. The molecule has 0 fully saturated rings. The molecule has 9 nitrogen and oxygen atoms in total. The van der Waals surface area contributed by atoms with E-state index in [1.54, 1.807) is 19.4 Å². The molecule has 0 aliphatic carbocycles. The average molecular weight is 353 g/mol. The molecule has 0 spiro atoms. The topological polar surface area (TPSA) is 120 Å². The van der Waals surface area contributed by atoms with E-state index in [9.17, 15) is 20.5 Å². The molecule has 1 heterocycles. The van der Waals surface area contributed by atoms with Crippen LogP contribution in [0.5, 0.6) is 0 Å². The Morgan fingerprint density at radius 1 is 1.19 bits per heavy atom. The van der Waals surface area contributed by atoms with Gasteiger partial charge in [-0.05, 0) is 24.3 Å². The molecule has 1 aliphatic heterocycles. The standard InChI is InChI=1S/C17H15N5O4/c1-20(16-7-6-13(21(23)24)10-17(16)22(25)26)19-11-12-8-9-18-15-5-3-2-4-14(12)15/h2-11,18-19H,1H3/q-2. The highest BCUT2D eigenvalue weighted by atomic mass is 16.8. The minimum absolute atomic E-state index is 0.212. The number of nitro groups is 1. The SMILES string of the molecule is CN(NC=C1C=CNc2ccccc21)c1ccc(N([O-])[O-])cc1[N+](=O)[O-]. The Labute approximate surface area is 149 Å². The van der Waals surface area contributed by atoms with E-state index < -0.39 is 10.1 Å². The third-order valence-corrected chi connectivity index (χ3v) is 3.88. The van der Waals surface area contributed by atoms with Gasteiger partial charge in [-0.2, -0.15) is 0 Å². The van der Waals surface area contributed by atoms with Gasteiger partial charge in [0, 0.05) is 48.0 Å². The lowest BCUT2D eigenvalue weighted by atomic mass is 10.0. The number of para-hydroxylation sites is 1. The second-order valence-electron chi connectivity index (χ2n) is 5.50. The van der Waals surface area contributed by atoms with Gasteiger partial charge in [-0.1, -0.05) is 18.2 Å². The summed E-state index contributed by atoms with van der Waals surface area (Å²) in [5.74, 6) is 0. The van der Waals surface area contributed by atoms with Gasteiger partial charge in [0.2, 0.25) is 0 Å². The lowest BCUT2D eigenvalue weighted by molar-refractivity contribution is -0.384. The van der Waals surface area contributed by atoms with E-state index in [2.05, 4.69) is 10.7 Å². The van der Waals surface area contributed by atoms with E-state index in [4.69, 9.17) is 0 Å². The second-order valence-corrected chi connectivity index (χ2v) is 5.50. The third kappa shape index (κ3) is 3.43. The van der Waals surface area contributed by atoms with Crippen LogP contribution >= 0.6 is 0 Å². The molecule has 2 N–H and O–H groups in total. The smallest absolute Gasteiger partial charge is 0.296 e. The van der Waals surface area contributed by atoms with Crippen LogP contribution in [-0.4, -0.2) is 12.0 Å². The molecule has 0 radical (unpaired) electrons. The highest BCUT2D eigenvalue weighted by molar-refractivity contribution is 5.85. The van der Waals surface area contributed by atoms with Crippen LogP contribution in [0.4, 0.5) is 22.7 Å². The fraction of sp³-hybridized carbons (Fsp3) is 0.0588. The van der Waals surface area contributed by atoms with Crippen LogP contribution in [0.2, 0.25) is 0 Å². The summed E-state index contributed by atoms with van der Waals surface area (Å²) in [5.41, 5.74) is 5.32. The molecule has 0 saturated carbocycles. The number of nitrogens with one attached hydrogen (secondary N) is 2. The molecule has 0 atom stereocenters. The van der Waals surface area contributed by atoms with Gasteiger partial charge in [0.15, 0.2) is 0 Å². The number of hydrazine groups is 1. The summed E-state index contributed by atoms with van der Waals surface area (Å²) in [6.07, 6.45) is 5.37. The van der Waals surface area contributed by atoms with Crippen molar-refractivity contribution in [2.75, 3.05) is 22.6 Å². The van der Waals surface area contributed by atoms with E-state index in [1.165, 1.54) is 17.1 Å². The monoisotopic (exact) mass is 353 g/mol. The highest BCUT2D eigenvalue weighted by Gasteiger charge is 2.18. The summed E-state index contributed by atoms with van der Waals surface area (Å²) in [5, 5.41) is 36.8. The van der Waals surface area contributed by atoms with Crippen molar-refractivity contribution in [1.29, 1.82) is 0 Å². The summed E-state index contributed by atoms with van der Waals surface area (Å²) in [6.45, 7) is 0. The predicted molar refractivity (Wildman–Crippen MR) is 101 cm³/mol. The maximum absolute atomic E-state index is 11.3. The van der Waals surface area contributed by atoms with Crippen molar-refractivity contribution in [3.63, 3.8) is 0 Å². The zero-order valence-electron chi connectivity index (χ0n) is 13.7. The van der Waals surface area contributed by atoms with Crippen LogP contribution in [0.3, 0.4) is 0 Å². The summed E-state index contributed by atoms with van der Waals surface area (Å²) in [6, 6.07) is 11.2. The fourth-order valence-corrected chi connectivity index (χ4v) is 2.59. The molecule has 134 valence electrons. The molecule has 1 aliphatic rings. The first kappa shape index (κ1) is 17.3. The van der Waals surface area contributed by atoms with E-state index in [0.29, 0.717) is 0 Å². The van der Waals surface area contributed by atoms with Crippen LogP contribution in [0, 0.1) is 20.5 Å². The lowest BCUT2D eigenvalue weighted by Gasteiger charge is -2.37. The maximum atomic E-state index is 11.3. The van der Waals surface area contributed by atoms with Gasteiger partial charge in [0.05, 0.1) is 4.92 Å². The van der Waals surface area contributed by atoms with Crippen molar-refractivity contribution in [3.05, 3.63) is 87.0 Å². The Bertz CT molecular complexity index is 894. The lowest BCUT2D eigenvalue weighted by Crippen LogP contribution is -2.30. The Morgan fingerprint density at radius 3 is 2.69 bits per heavy atom. The van der Waals surface area contributed by atoms with Gasteiger partial charge < -0.3 is 26.4 Å². The number of rotatable bonds is 5. The molecule has 3 rings (SSSR count). The molecule has 0 amide bonds. The quantitative estimate of drug-likeness (QED) is 0.620. The van der Waals surface area contributed by atoms with Crippen LogP contribution in [0.1, 0.15) is 5.56 Å². The zero-order chi connectivity index (χ0) is 18.7. The number of hydrogen-bond acceptors (Lipinski definition) is 8. The molecule has 0 saturated heterocycles. The van der Waals surface area contributed by atoms with Gasteiger partial charge in [-0.3, -0.25) is 15.1 Å². The van der Waals surface area contributed by atoms with E-state index >= 15 is 0 Å². The van der Waals surface area contributed by atoms with Crippen molar-refractivity contribution < 1.29 is 4.92 Å². The Morgan fingerprint density at radius 2 is 1.96 bits per heavy atom. The highest BCUT2D eigenvalue weighted by Crippen LogP contribution is 2.32. The average Bonchev–Trinajstić information content (AvgIpc) is 2.65. The number of benzene rings is 2. The number of anilines is 3. The first-order valence-electron chi connectivity index (χ1n) is 7.63. The van der Waals surface area contributed by atoms with Gasteiger partial charge in [0.25, 0.3) is 5.69 Å². The van der Waals surface area contributed by atoms with Crippen LogP contribution in [0.25, 0.3) is 5.57 Å². The first-order valence-corrected chi connectivity index (χ1v) is 7.63. The summed E-state index contributed by atoms with van der Waals surface area (Å²) in [7, 11) is 1.60. The summed E-state index contributed by atoms with van der Waals surface area (Å²) >= 11 is 0. The Balaban J connectivity index is 1.87. The van der Waals surface area contributed by atoms with Crippen LogP contribution in [-0.2, 0) is 0 Å². The Hall–Kier alpha value is -3.56. The molecule has 0 bridgehead atoms. The molecule has 0 unspecified atom stereocenters. The van der Waals surface area contributed by atoms with Gasteiger partial charge in [-0.15, -0.1) is 0 Å². The van der Waals surface area contributed by atoms with Crippen molar-refractivity contribution >= 4 is 28.3 Å². The van der Waals surface area contributed by atoms with Crippen LogP contribution < -0.4 is 21.0 Å². The Kier molecular flexibility index (Phi) is 4.74. The third-order valence-electron chi connectivity index (χ3n) is 3.88. The zero-order valence-corrected chi connectivity index (χ0v) is 13.7.